The normalized spacial score (nSPS) is 17.0. The molecule has 0 saturated carbocycles. The van der Waals surface area contributed by atoms with Gasteiger partial charge in [0.2, 0.25) is 0 Å². The lowest BCUT2D eigenvalue weighted by Crippen LogP contribution is -2.31. The lowest BCUT2D eigenvalue weighted by atomic mass is 9.99. The lowest BCUT2D eigenvalue weighted by Gasteiger charge is -2.22. The molecule has 1 fully saturated rings. The molecule has 1 aliphatic heterocycles. The van der Waals surface area contributed by atoms with Crippen LogP contribution in [-0.4, -0.2) is 32.4 Å². The van der Waals surface area contributed by atoms with Gasteiger partial charge >= 0.3 is 5.69 Å². The van der Waals surface area contributed by atoms with Gasteiger partial charge in [0.15, 0.2) is 5.89 Å². The van der Waals surface area contributed by atoms with E-state index in [1.54, 1.807) is 17.8 Å². The lowest BCUT2D eigenvalue weighted by molar-refractivity contribution is 0.439. The zero-order valence-corrected chi connectivity index (χ0v) is 15.4. The van der Waals surface area contributed by atoms with E-state index in [1.165, 1.54) is 4.68 Å². The van der Waals surface area contributed by atoms with Crippen molar-refractivity contribution in [1.29, 1.82) is 0 Å². The first-order valence-electron chi connectivity index (χ1n) is 8.59. The summed E-state index contributed by atoms with van der Waals surface area (Å²) >= 11 is 0. The van der Waals surface area contributed by atoms with Crippen molar-refractivity contribution in [3.8, 4) is 5.69 Å². The van der Waals surface area contributed by atoms with Crippen molar-refractivity contribution < 1.29 is 4.42 Å². The molecule has 26 heavy (non-hydrogen) atoms. The van der Waals surface area contributed by atoms with E-state index in [2.05, 4.69) is 15.4 Å². The molecular weight excluding hydrogens is 354 g/mol. The predicted octanol–water partition coefficient (Wildman–Crippen LogP) is 2.27. The maximum Gasteiger partial charge on any atom is 0.350 e. The minimum atomic E-state index is -0.146. The van der Waals surface area contributed by atoms with Crippen LogP contribution in [0.2, 0.25) is 0 Å². The fourth-order valence-electron chi connectivity index (χ4n) is 3.32. The molecule has 1 N–H and O–H groups in total. The first-order valence-corrected chi connectivity index (χ1v) is 8.59. The third kappa shape index (κ3) is 3.59. The van der Waals surface area contributed by atoms with Gasteiger partial charge in [-0.15, -0.1) is 12.4 Å². The summed E-state index contributed by atoms with van der Waals surface area (Å²) in [5.74, 6) is 1.62. The SMILES string of the molecule is Cc1nc(Cn2nc(C3CCCNC3)n(-c3ccccc3)c2=O)co1.Cl. The van der Waals surface area contributed by atoms with Crippen LogP contribution in [0.4, 0.5) is 0 Å². The Balaban J connectivity index is 0.00000196. The number of aromatic nitrogens is 4. The highest BCUT2D eigenvalue weighted by Gasteiger charge is 2.25. The second kappa shape index (κ2) is 7.88. The van der Waals surface area contributed by atoms with Gasteiger partial charge in [-0.05, 0) is 31.5 Å². The standard InChI is InChI=1S/C18H21N5O2.ClH/c1-13-20-15(12-25-13)11-22-18(24)23(16-7-3-2-4-8-16)17(21-22)14-6-5-9-19-10-14;/h2-4,7-8,12,14,19H,5-6,9-11H2,1H3;1H. The van der Waals surface area contributed by atoms with Gasteiger partial charge in [0.25, 0.3) is 0 Å². The quantitative estimate of drug-likeness (QED) is 0.756. The average molecular weight is 376 g/mol. The van der Waals surface area contributed by atoms with Crippen LogP contribution in [0.5, 0.6) is 0 Å². The molecule has 138 valence electrons. The Labute approximate surface area is 157 Å². The Bertz CT molecular complexity index is 909. The number of hydrogen-bond acceptors (Lipinski definition) is 5. The fourth-order valence-corrected chi connectivity index (χ4v) is 3.32. The minimum absolute atomic E-state index is 0. The van der Waals surface area contributed by atoms with Crippen LogP contribution in [0.1, 0.15) is 36.2 Å². The molecule has 0 radical (unpaired) electrons. The van der Waals surface area contributed by atoms with E-state index in [4.69, 9.17) is 4.42 Å². The highest BCUT2D eigenvalue weighted by Crippen LogP contribution is 2.23. The van der Waals surface area contributed by atoms with Crippen LogP contribution in [0.15, 0.2) is 45.8 Å². The van der Waals surface area contributed by atoms with Gasteiger partial charge in [0, 0.05) is 19.4 Å². The highest BCUT2D eigenvalue weighted by atomic mass is 35.5. The molecule has 1 saturated heterocycles. The van der Waals surface area contributed by atoms with Crippen LogP contribution in [0.3, 0.4) is 0 Å². The summed E-state index contributed by atoms with van der Waals surface area (Å²) in [5.41, 5.74) is 1.40. The van der Waals surface area contributed by atoms with Crippen molar-refractivity contribution in [2.75, 3.05) is 13.1 Å². The number of nitrogens with one attached hydrogen (secondary N) is 1. The molecule has 8 heteroatoms. The molecule has 2 aromatic heterocycles. The van der Waals surface area contributed by atoms with Crippen molar-refractivity contribution >= 4 is 12.4 Å². The van der Waals surface area contributed by atoms with Gasteiger partial charge in [0.05, 0.1) is 12.2 Å². The molecule has 1 unspecified atom stereocenters. The van der Waals surface area contributed by atoms with Crippen molar-refractivity contribution in [3.05, 3.63) is 64.5 Å². The summed E-state index contributed by atoms with van der Waals surface area (Å²) < 4.78 is 8.45. The number of oxazole rings is 1. The minimum Gasteiger partial charge on any atom is -0.449 e. The van der Waals surface area contributed by atoms with E-state index in [0.717, 1.165) is 37.4 Å². The number of aryl methyl sites for hydroxylation is 1. The topological polar surface area (TPSA) is 77.9 Å². The zero-order chi connectivity index (χ0) is 17.2. The van der Waals surface area contributed by atoms with Crippen molar-refractivity contribution in [1.82, 2.24) is 24.6 Å². The van der Waals surface area contributed by atoms with Gasteiger partial charge in [-0.3, -0.25) is 0 Å². The maximum absolute atomic E-state index is 13.0. The van der Waals surface area contributed by atoms with Crippen molar-refractivity contribution in [3.63, 3.8) is 0 Å². The first kappa shape index (κ1) is 18.4. The number of nitrogens with zero attached hydrogens (tertiary/aromatic N) is 4. The summed E-state index contributed by atoms with van der Waals surface area (Å²) in [6.07, 6.45) is 3.69. The predicted molar refractivity (Wildman–Crippen MR) is 100 cm³/mol. The monoisotopic (exact) mass is 375 g/mol. The molecule has 1 aliphatic rings. The zero-order valence-electron chi connectivity index (χ0n) is 14.6. The van der Waals surface area contributed by atoms with Crippen LogP contribution in [0.25, 0.3) is 5.69 Å². The average Bonchev–Trinajstić information content (AvgIpc) is 3.20. The number of halogens is 1. The molecule has 3 aromatic rings. The summed E-state index contributed by atoms with van der Waals surface area (Å²) in [5, 5.41) is 8.06. The van der Waals surface area contributed by atoms with E-state index < -0.39 is 0 Å². The first-order chi connectivity index (χ1) is 12.2. The Hall–Kier alpha value is -2.38. The summed E-state index contributed by atoms with van der Waals surface area (Å²) in [4.78, 5) is 17.3. The molecule has 1 aromatic carbocycles. The second-order valence-corrected chi connectivity index (χ2v) is 6.37. The molecule has 0 spiro atoms. The Morgan fingerprint density at radius 3 is 2.77 bits per heavy atom. The van der Waals surface area contributed by atoms with E-state index >= 15 is 0 Å². The molecule has 3 heterocycles. The molecule has 4 rings (SSSR count). The molecule has 0 aliphatic carbocycles. The fraction of sp³-hybridized carbons (Fsp3) is 0.389. The van der Waals surface area contributed by atoms with Crippen LogP contribution in [-0.2, 0) is 6.54 Å². The van der Waals surface area contributed by atoms with Crippen molar-refractivity contribution in [2.24, 2.45) is 0 Å². The largest absolute Gasteiger partial charge is 0.449 e. The van der Waals surface area contributed by atoms with E-state index in [-0.39, 0.29) is 24.0 Å². The number of hydrogen-bond donors (Lipinski definition) is 1. The molecule has 7 nitrogen and oxygen atoms in total. The number of rotatable bonds is 4. The number of para-hydroxylation sites is 1. The van der Waals surface area contributed by atoms with E-state index in [9.17, 15) is 4.79 Å². The summed E-state index contributed by atoms with van der Waals surface area (Å²) in [6, 6.07) is 9.69. The Kier molecular flexibility index (Phi) is 5.58. The van der Waals surface area contributed by atoms with Gasteiger partial charge in [0.1, 0.15) is 17.8 Å². The molecule has 0 bridgehead atoms. The van der Waals surface area contributed by atoms with Gasteiger partial charge in [-0.25, -0.2) is 19.0 Å². The number of benzene rings is 1. The van der Waals surface area contributed by atoms with Gasteiger partial charge in [-0.1, -0.05) is 18.2 Å². The van der Waals surface area contributed by atoms with Gasteiger partial charge < -0.3 is 9.73 Å². The summed E-state index contributed by atoms with van der Waals surface area (Å²) in [6.45, 7) is 3.95. The Morgan fingerprint density at radius 2 is 2.12 bits per heavy atom. The molecule has 0 amide bonds. The third-order valence-corrected chi connectivity index (χ3v) is 4.52. The van der Waals surface area contributed by atoms with Crippen LogP contribution >= 0.6 is 12.4 Å². The third-order valence-electron chi connectivity index (χ3n) is 4.52. The van der Waals surface area contributed by atoms with Crippen molar-refractivity contribution in [2.45, 2.75) is 32.2 Å². The number of piperidine rings is 1. The molecular formula is C18H22ClN5O2. The van der Waals surface area contributed by atoms with E-state index in [0.29, 0.717) is 18.1 Å². The maximum atomic E-state index is 13.0. The van der Waals surface area contributed by atoms with Crippen LogP contribution in [0, 0.1) is 6.92 Å². The molecule has 1 atom stereocenters. The van der Waals surface area contributed by atoms with Gasteiger partial charge in [-0.2, -0.15) is 5.10 Å². The van der Waals surface area contributed by atoms with Crippen LogP contribution < -0.4 is 11.0 Å². The second-order valence-electron chi connectivity index (χ2n) is 6.37. The Morgan fingerprint density at radius 1 is 1.31 bits per heavy atom. The summed E-state index contributed by atoms with van der Waals surface area (Å²) in [7, 11) is 0. The highest BCUT2D eigenvalue weighted by molar-refractivity contribution is 5.85. The smallest absolute Gasteiger partial charge is 0.350 e. The van der Waals surface area contributed by atoms with E-state index in [1.807, 2.05) is 30.3 Å².